The summed E-state index contributed by atoms with van der Waals surface area (Å²) in [6.07, 6.45) is 2.66. The van der Waals surface area contributed by atoms with Crippen LogP contribution in [0.1, 0.15) is 35.2 Å². The Labute approximate surface area is 128 Å². The van der Waals surface area contributed by atoms with Crippen molar-refractivity contribution in [1.29, 1.82) is 0 Å². The number of amides is 1. The first-order valence-electron chi connectivity index (χ1n) is 7.41. The normalized spacial score (nSPS) is 18.3. The van der Waals surface area contributed by atoms with Gasteiger partial charge < -0.3 is 15.1 Å². The zero-order chi connectivity index (χ0) is 16.1. The smallest absolute Gasteiger partial charge is 0.338 e. The molecule has 0 spiro atoms. The van der Waals surface area contributed by atoms with Gasteiger partial charge in [0.25, 0.3) is 0 Å². The molecule has 1 saturated heterocycles. The number of halogens is 1. The van der Waals surface area contributed by atoms with Crippen LogP contribution in [0.15, 0.2) is 18.2 Å². The Kier molecular flexibility index (Phi) is 5.49. The van der Waals surface area contributed by atoms with Crippen LogP contribution in [-0.2, 0) is 11.2 Å². The average Bonchev–Trinajstić information content (AvgIpc) is 2.47. The van der Waals surface area contributed by atoms with Crippen molar-refractivity contribution in [3.8, 4) is 0 Å². The van der Waals surface area contributed by atoms with Crippen molar-refractivity contribution in [1.82, 2.24) is 4.90 Å². The highest BCUT2D eigenvalue weighted by molar-refractivity contribution is 5.88. The fraction of sp³-hybridized carbons (Fsp3) is 0.500. The van der Waals surface area contributed by atoms with Crippen molar-refractivity contribution in [3.05, 3.63) is 35.1 Å². The van der Waals surface area contributed by atoms with E-state index in [-0.39, 0.29) is 18.9 Å². The molecule has 0 saturated carbocycles. The zero-order valence-electron chi connectivity index (χ0n) is 12.3. The third-order valence-electron chi connectivity index (χ3n) is 4.03. The number of hydrogen-bond donors (Lipinski definition) is 2. The minimum absolute atomic E-state index is 0.0582. The van der Waals surface area contributed by atoms with E-state index in [1.807, 2.05) is 0 Å². The number of aliphatic hydroxyl groups excluding tert-OH is 1. The molecule has 1 aromatic carbocycles. The number of benzene rings is 1. The average molecular weight is 309 g/mol. The summed E-state index contributed by atoms with van der Waals surface area (Å²) in [5, 5.41) is 17.8. The molecule has 5 nitrogen and oxygen atoms in total. The first-order valence-corrected chi connectivity index (χ1v) is 7.41. The molecule has 22 heavy (non-hydrogen) atoms. The van der Waals surface area contributed by atoms with Gasteiger partial charge in [0.2, 0.25) is 5.91 Å². The number of piperidine rings is 1. The summed E-state index contributed by atoms with van der Waals surface area (Å²) < 4.78 is 13.6. The second-order valence-corrected chi connectivity index (χ2v) is 5.66. The first kappa shape index (κ1) is 16.4. The second kappa shape index (κ2) is 7.35. The van der Waals surface area contributed by atoms with Crippen LogP contribution in [-0.4, -0.2) is 46.7 Å². The summed E-state index contributed by atoms with van der Waals surface area (Å²) in [6.45, 7) is 1.42. The Morgan fingerprint density at radius 2 is 2.14 bits per heavy atom. The van der Waals surface area contributed by atoms with Crippen LogP contribution in [0.4, 0.5) is 4.39 Å². The van der Waals surface area contributed by atoms with Crippen LogP contribution in [0, 0.1) is 11.7 Å². The van der Waals surface area contributed by atoms with Crippen molar-refractivity contribution < 1.29 is 24.2 Å². The topological polar surface area (TPSA) is 77.8 Å². The molecule has 0 aliphatic carbocycles. The first-order chi connectivity index (χ1) is 10.5. The number of hydrogen-bond acceptors (Lipinski definition) is 3. The molecule has 0 bridgehead atoms. The molecule has 2 N–H and O–H groups in total. The van der Waals surface area contributed by atoms with Gasteiger partial charge in [0.1, 0.15) is 5.82 Å². The lowest BCUT2D eigenvalue weighted by atomic mass is 9.94. The van der Waals surface area contributed by atoms with Crippen molar-refractivity contribution in [2.24, 2.45) is 5.92 Å². The van der Waals surface area contributed by atoms with Gasteiger partial charge in [-0.25, -0.2) is 9.18 Å². The monoisotopic (exact) mass is 309 g/mol. The highest BCUT2D eigenvalue weighted by Gasteiger charge is 2.23. The fourth-order valence-corrected chi connectivity index (χ4v) is 2.84. The van der Waals surface area contributed by atoms with Gasteiger partial charge >= 0.3 is 5.97 Å². The molecule has 1 atom stereocenters. The molecular weight excluding hydrogens is 289 g/mol. The van der Waals surface area contributed by atoms with Gasteiger partial charge in [0.05, 0.1) is 12.0 Å². The summed E-state index contributed by atoms with van der Waals surface area (Å²) in [5.41, 5.74) is 0.0777. The number of likely N-dealkylation sites (tertiary alicyclic amines) is 1. The summed E-state index contributed by atoms with van der Waals surface area (Å²) in [4.78, 5) is 24.8. The van der Waals surface area contributed by atoms with E-state index >= 15 is 0 Å². The van der Waals surface area contributed by atoms with Gasteiger partial charge in [-0.3, -0.25) is 4.79 Å². The third-order valence-corrected chi connectivity index (χ3v) is 4.03. The van der Waals surface area contributed by atoms with Gasteiger partial charge in [-0.15, -0.1) is 0 Å². The van der Waals surface area contributed by atoms with E-state index in [0.717, 1.165) is 18.9 Å². The molecule has 1 aliphatic rings. The van der Waals surface area contributed by atoms with E-state index in [4.69, 9.17) is 10.2 Å². The van der Waals surface area contributed by atoms with Gasteiger partial charge in [0.15, 0.2) is 0 Å². The van der Waals surface area contributed by atoms with E-state index in [1.165, 1.54) is 12.1 Å². The number of carboxylic acids is 1. The fourth-order valence-electron chi connectivity index (χ4n) is 2.84. The van der Waals surface area contributed by atoms with E-state index in [9.17, 15) is 14.0 Å². The van der Waals surface area contributed by atoms with E-state index < -0.39 is 17.3 Å². The minimum Gasteiger partial charge on any atom is -0.478 e. The zero-order valence-corrected chi connectivity index (χ0v) is 12.3. The molecule has 1 fully saturated rings. The maximum absolute atomic E-state index is 13.6. The molecule has 120 valence electrons. The van der Waals surface area contributed by atoms with Crippen LogP contribution < -0.4 is 0 Å². The molecule has 0 aromatic heterocycles. The largest absolute Gasteiger partial charge is 0.478 e. The maximum atomic E-state index is 13.6. The number of aromatic carboxylic acids is 1. The number of carboxylic acid groups (broad SMARTS) is 1. The highest BCUT2D eigenvalue weighted by atomic mass is 19.1. The lowest BCUT2D eigenvalue weighted by Gasteiger charge is -2.32. The van der Waals surface area contributed by atoms with Crippen LogP contribution in [0.2, 0.25) is 0 Å². The lowest BCUT2D eigenvalue weighted by molar-refractivity contribution is -0.132. The Morgan fingerprint density at radius 3 is 2.77 bits per heavy atom. The SMILES string of the molecule is O=C(O)c1ccc(CC(=O)N2CCCC(CCO)C2)cc1F. The molecule has 6 heteroatoms. The van der Waals surface area contributed by atoms with Gasteiger partial charge in [0, 0.05) is 19.7 Å². The van der Waals surface area contributed by atoms with Crippen LogP contribution in [0.3, 0.4) is 0 Å². The number of nitrogens with zero attached hydrogens (tertiary/aromatic N) is 1. The van der Waals surface area contributed by atoms with Gasteiger partial charge in [-0.05, 0) is 42.9 Å². The van der Waals surface area contributed by atoms with E-state index in [1.54, 1.807) is 4.90 Å². The molecule has 1 heterocycles. The van der Waals surface area contributed by atoms with Crippen molar-refractivity contribution in [2.45, 2.75) is 25.7 Å². The standard InChI is InChI=1S/C16H20FNO4/c17-14-8-12(3-4-13(14)16(21)22)9-15(20)18-6-1-2-11(10-18)5-7-19/h3-4,8,11,19H,1-2,5-7,9-10H2,(H,21,22). The Hall–Kier alpha value is -1.95. The highest BCUT2D eigenvalue weighted by Crippen LogP contribution is 2.20. The Morgan fingerprint density at radius 1 is 1.36 bits per heavy atom. The van der Waals surface area contributed by atoms with Crippen molar-refractivity contribution in [3.63, 3.8) is 0 Å². The lowest BCUT2D eigenvalue weighted by Crippen LogP contribution is -2.41. The number of aliphatic hydroxyl groups is 1. The summed E-state index contributed by atoms with van der Waals surface area (Å²) in [6, 6.07) is 3.77. The predicted octanol–water partition coefficient (Wildman–Crippen LogP) is 1.69. The summed E-state index contributed by atoms with van der Waals surface area (Å²) >= 11 is 0. The maximum Gasteiger partial charge on any atom is 0.338 e. The van der Waals surface area contributed by atoms with Gasteiger partial charge in [-0.1, -0.05) is 6.07 Å². The third kappa shape index (κ3) is 4.04. The molecule has 0 radical (unpaired) electrons. The molecule has 2 rings (SSSR count). The molecular formula is C16H20FNO4. The summed E-state index contributed by atoms with van der Waals surface area (Å²) in [7, 11) is 0. The molecule has 1 aromatic rings. The van der Waals surface area contributed by atoms with E-state index in [2.05, 4.69) is 0 Å². The molecule has 1 amide bonds. The second-order valence-electron chi connectivity index (χ2n) is 5.66. The molecule has 1 unspecified atom stereocenters. The Balaban J connectivity index is 1.99. The quantitative estimate of drug-likeness (QED) is 0.867. The summed E-state index contributed by atoms with van der Waals surface area (Å²) in [5.74, 6) is -1.92. The van der Waals surface area contributed by atoms with Crippen LogP contribution in [0.5, 0.6) is 0 Å². The number of carbonyl (C=O) groups is 2. The Bertz CT molecular complexity index is 559. The molecule has 1 aliphatic heterocycles. The van der Waals surface area contributed by atoms with Crippen molar-refractivity contribution >= 4 is 11.9 Å². The van der Waals surface area contributed by atoms with Crippen molar-refractivity contribution in [2.75, 3.05) is 19.7 Å². The van der Waals surface area contributed by atoms with Crippen LogP contribution in [0.25, 0.3) is 0 Å². The van der Waals surface area contributed by atoms with E-state index in [0.29, 0.717) is 31.0 Å². The number of carbonyl (C=O) groups excluding carboxylic acids is 1. The predicted molar refractivity (Wildman–Crippen MR) is 78.1 cm³/mol. The number of rotatable bonds is 5. The van der Waals surface area contributed by atoms with Crippen LogP contribution >= 0.6 is 0 Å². The minimum atomic E-state index is -1.32. The van der Waals surface area contributed by atoms with Gasteiger partial charge in [-0.2, -0.15) is 0 Å².